The summed E-state index contributed by atoms with van der Waals surface area (Å²) in [6.45, 7) is 0. The third-order valence-electron chi connectivity index (χ3n) is 3.19. The summed E-state index contributed by atoms with van der Waals surface area (Å²) >= 11 is 0. The van der Waals surface area contributed by atoms with E-state index >= 15 is 0 Å². The van der Waals surface area contributed by atoms with Crippen LogP contribution in [0.3, 0.4) is 0 Å². The number of nitrogens with one attached hydrogen (secondary N) is 2. The van der Waals surface area contributed by atoms with E-state index in [4.69, 9.17) is 9.25 Å². The molecule has 24 heavy (non-hydrogen) atoms. The van der Waals surface area contributed by atoms with Crippen molar-refractivity contribution < 1.29 is 13.8 Å². The molecule has 0 amide bonds. The predicted octanol–water partition coefficient (Wildman–Crippen LogP) is 4.59. The molecule has 122 valence electrons. The lowest BCUT2D eigenvalue weighted by Gasteiger charge is -2.19. The van der Waals surface area contributed by atoms with Crippen molar-refractivity contribution in [1.82, 2.24) is 0 Å². The number of para-hydroxylation sites is 2. The van der Waals surface area contributed by atoms with E-state index in [1.165, 1.54) is 0 Å². The summed E-state index contributed by atoms with van der Waals surface area (Å²) in [4.78, 5) is 0. The molecule has 3 aromatic carbocycles. The van der Waals surface area contributed by atoms with Gasteiger partial charge in [0.05, 0.1) is 16.7 Å². The molecule has 0 saturated heterocycles. The van der Waals surface area contributed by atoms with Gasteiger partial charge in [0.2, 0.25) is 0 Å². The smallest absolute Gasteiger partial charge is 0.258 e. The Morgan fingerprint density at radius 3 is 1.38 bits per heavy atom. The summed E-state index contributed by atoms with van der Waals surface area (Å²) in [5.74, 6) is 0. The van der Waals surface area contributed by atoms with Crippen molar-refractivity contribution in [3.63, 3.8) is 0 Å². The molecule has 3 aromatic rings. The van der Waals surface area contributed by atoms with Gasteiger partial charge in [0, 0.05) is 0 Å². The van der Waals surface area contributed by atoms with Crippen molar-refractivity contribution in [3.8, 4) is 0 Å². The third kappa shape index (κ3) is 4.24. The molecule has 0 aliphatic rings. The van der Waals surface area contributed by atoms with Crippen LogP contribution in [0.25, 0.3) is 0 Å². The second-order valence-electron chi connectivity index (χ2n) is 4.95. The molecule has 6 heteroatoms. The standard InChI is InChI=1S/C18H17N2O3P/c21-24(18-14-8-3-9-15-18,22-19-16-10-4-1-5-11-16)23-20-17-12-6-2-7-13-17/h1-15,19-20H. The Morgan fingerprint density at radius 2 is 0.958 bits per heavy atom. The Balaban J connectivity index is 1.77. The quantitative estimate of drug-likeness (QED) is 0.486. The minimum absolute atomic E-state index is 0.442. The van der Waals surface area contributed by atoms with Crippen molar-refractivity contribution in [2.45, 2.75) is 0 Å². The Hall–Kier alpha value is -2.59. The molecule has 0 atom stereocenters. The van der Waals surface area contributed by atoms with Gasteiger partial charge >= 0.3 is 7.60 Å². The summed E-state index contributed by atoms with van der Waals surface area (Å²) in [5.41, 5.74) is 6.74. The zero-order valence-corrected chi connectivity index (χ0v) is 13.7. The van der Waals surface area contributed by atoms with Gasteiger partial charge in [0.25, 0.3) is 0 Å². The first-order chi connectivity index (χ1) is 11.8. The molecule has 0 saturated carbocycles. The van der Waals surface area contributed by atoms with Gasteiger partial charge in [-0.15, -0.1) is 0 Å². The van der Waals surface area contributed by atoms with Crippen LogP contribution in [0.2, 0.25) is 0 Å². The Labute approximate surface area is 140 Å². The van der Waals surface area contributed by atoms with Crippen LogP contribution in [0.1, 0.15) is 0 Å². The lowest BCUT2D eigenvalue weighted by atomic mass is 10.3. The van der Waals surface area contributed by atoms with Crippen molar-refractivity contribution in [3.05, 3.63) is 91.0 Å². The van der Waals surface area contributed by atoms with Crippen molar-refractivity contribution in [1.29, 1.82) is 0 Å². The van der Waals surface area contributed by atoms with Gasteiger partial charge in [-0.1, -0.05) is 54.6 Å². The molecule has 0 radical (unpaired) electrons. The average Bonchev–Trinajstić information content (AvgIpc) is 2.67. The van der Waals surface area contributed by atoms with Crippen molar-refractivity contribution in [2.24, 2.45) is 0 Å². The topological polar surface area (TPSA) is 59.6 Å². The molecular weight excluding hydrogens is 323 g/mol. The first kappa shape index (κ1) is 16.3. The molecule has 2 N–H and O–H groups in total. The first-order valence-corrected chi connectivity index (χ1v) is 8.95. The molecule has 0 aliphatic heterocycles. The summed E-state index contributed by atoms with van der Waals surface area (Å²) in [5, 5.41) is 0.442. The van der Waals surface area contributed by atoms with Gasteiger partial charge in [-0.05, 0) is 36.4 Å². The molecular formula is C18H17N2O3P. The van der Waals surface area contributed by atoms with E-state index < -0.39 is 7.60 Å². The fourth-order valence-electron chi connectivity index (χ4n) is 1.97. The van der Waals surface area contributed by atoms with E-state index in [1.54, 1.807) is 48.5 Å². The monoisotopic (exact) mass is 340 g/mol. The van der Waals surface area contributed by atoms with Crippen LogP contribution in [0.5, 0.6) is 0 Å². The van der Waals surface area contributed by atoms with Crippen LogP contribution in [-0.4, -0.2) is 0 Å². The van der Waals surface area contributed by atoms with E-state index in [9.17, 15) is 4.57 Å². The van der Waals surface area contributed by atoms with Crippen LogP contribution < -0.4 is 16.3 Å². The summed E-state index contributed by atoms with van der Waals surface area (Å²) in [6, 6.07) is 27.2. The number of benzene rings is 3. The minimum atomic E-state index is -3.62. The van der Waals surface area contributed by atoms with Gasteiger partial charge in [0.1, 0.15) is 0 Å². The number of hydrogen-bond donors (Lipinski definition) is 2. The first-order valence-electron chi connectivity index (χ1n) is 7.41. The lowest BCUT2D eigenvalue weighted by Crippen LogP contribution is -2.15. The zero-order valence-electron chi connectivity index (χ0n) is 12.8. The van der Waals surface area contributed by atoms with Crippen molar-refractivity contribution >= 4 is 24.3 Å². The van der Waals surface area contributed by atoms with Gasteiger partial charge in [-0.2, -0.15) is 9.25 Å². The van der Waals surface area contributed by atoms with Gasteiger partial charge in [-0.3, -0.25) is 15.5 Å². The van der Waals surface area contributed by atoms with Crippen LogP contribution in [0.15, 0.2) is 91.0 Å². The molecule has 0 aromatic heterocycles. The Morgan fingerprint density at radius 1 is 0.583 bits per heavy atom. The number of hydrogen-bond acceptors (Lipinski definition) is 5. The SMILES string of the molecule is O=P(ONc1ccccc1)(ONc1ccccc1)c1ccccc1. The highest BCUT2D eigenvalue weighted by molar-refractivity contribution is 7.62. The second-order valence-corrected chi connectivity index (χ2v) is 6.83. The Bertz CT molecular complexity index is 751. The maximum atomic E-state index is 13.2. The normalized spacial score (nSPS) is 11.0. The van der Waals surface area contributed by atoms with Crippen molar-refractivity contribution in [2.75, 3.05) is 11.0 Å². The maximum absolute atomic E-state index is 13.2. The number of rotatable bonds is 7. The molecule has 0 fully saturated rings. The molecule has 0 aliphatic carbocycles. The second kappa shape index (κ2) is 7.79. The summed E-state index contributed by atoms with van der Waals surface area (Å²) in [6.07, 6.45) is 0. The lowest BCUT2D eigenvalue weighted by molar-refractivity contribution is 0.281. The van der Waals surface area contributed by atoms with Crippen LogP contribution in [-0.2, 0) is 13.8 Å². The zero-order chi connectivity index (χ0) is 16.7. The molecule has 0 bridgehead atoms. The largest absolute Gasteiger partial charge is 0.403 e. The molecule has 3 rings (SSSR count). The summed E-state index contributed by atoms with van der Waals surface area (Å²) < 4.78 is 24.1. The molecule has 0 spiro atoms. The average molecular weight is 340 g/mol. The van der Waals surface area contributed by atoms with Crippen LogP contribution in [0.4, 0.5) is 11.4 Å². The molecule has 0 heterocycles. The highest BCUT2D eigenvalue weighted by Gasteiger charge is 2.29. The van der Waals surface area contributed by atoms with E-state index in [-0.39, 0.29) is 0 Å². The number of anilines is 2. The van der Waals surface area contributed by atoms with E-state index in [0.717, 1.165) is 0 Å². The predicted molar refractivity (Wildman–Crippen MR) is 96.0 cm³/mol. The van der Waals surface area contributed by atoms with Gasteiger partial charge in [0.15, 0.2) is 0 Å². The highest BCUT2D eigenvalue weighted by atomic mass is 31.2. The van der Waals surface area contributed by atoms with Gasteiger partial charge in [-0.25, -0.2) is 0 Å². The van der Waals surface area contributed by atoms with E-state index in [0.29, 0.717) is 16.7 Å². The fraction of sp³-hybridized carbons (Fsp3) is 0. The maximum Gasteiger partial charge on any atom is 0.403 e. The van der Waals surface area contributed by atoms with E-state index in [1.807, 2.05) is 42.5 Å². The van der Waals surface area contributed by atoms with Crippen LogP contribution in [0, 0.1) is 0 Å². The highest BCUT2D eigenvalue weighted by Crippen LogP contribution is 2.46. The Kier molecular flexibility index (Phi) is 5.29. The molecule has 5 nitrogen and oxygen atoms in total. The van der Waals surface area contributed by atoms with Crippen LogP contribution >= 0.6 is 7.60 Å². The minimum Gasteiger partial charge on any atom is -0.258 e. The molecule has 0 unspecified atom stereocenters. The summed E-state index contributed by atoms with van der Waals surface area (Å²) in [7, 11) is -3.62. The van der Waals surface area contributed by atoms with E-state index in [2.05, 4.69) is 11.0 Å². The third-order valence-corrected chi connectivity index (χ3v) is 4.78. The van der Waals surface area contributed by atoms with Gasteiger partial charge < -0.3 is 0 Å². The fourth-order valence-corrected chi connectivity index (χ4v) is 3.21.